The Bertz CT molecular complexity index is 385. The molecule has 108 valence electrons. The van der Waals surface area contributed by atoms with Crippen LogP contribution in [-0.4, -0.2) is 18.7 Å². The smallest absolute Gasteiger partial charge is 0.416 e. The Morgan fingerprint density at radius 2 is 1.68 bits per heavy atom. The average molecular weight is 275 g/mol. The quantitative estimate of drug-likeness (QED) is 0.796. The van der Waals surface area contributed by atoms with Gasteiger partial charge in [-0.3, -0.25) is 0 Å². The van der Waals surface area contributed by atoms with Crippen LogP contribution in [0.2, 0.25) is 0 Å². The monoisotopic (exact) mass is 275 g/mol. The molecule has 0 aliphatic heterocycles. The van der Waals surface area contributed by atoms with Crippen molar-refractivity contribution >= 4 is 0 Å². The number of halogens is 3. The molecular formula is C14H20F3NO. The molecule has 0 fully saturated rings. The minimum Gasteiger partial charge on any atom is -0.487 e. The summed E-state index contributed by atoms with van der Waals surface area (Å²) in [6, 6.07) is 4.77. The Labute approximate surface area is 112 Å². The fourth-order valence-electron chi connectivity index (χ4n) is 1.63. The van der Waals surface area contributed by atoms with E-state index >= 15 is 0 Å². The average Bonchev–Trinajstić information content (AvgIpc) is 2.28. The SMILES string of the molecule is CCCNCC(C)(C)Oc1ccc(C(F)(F)F)cc1. The predicted octanol–water partition coefficient (Wildman–Crippen LogP) is 3.86. The number of ether oxygens (including phenoxy) is 1. The summed E-state index contributed by atoms with van der Waals surface area (Å²) in [5.74, 6) is 0.441. The van der Waals surface area contributed by atoms with Crippen LogP contribution in [0.25, 0.3) is 0 Å². The maximum atomic E-state index is 12.4. The summed E-state index contributed by atoms with van der Waals surface area (Å²) in [7, 11) is 0. The summed E-state index contributed by atoms with van der Waals surface area (Å²) < 4.78 is 42.9. The summed E-state index contributed by atoms with van der Waals surface area (Å²) in [6.07, 6.45) is -3.28. The molecule has 0 aromatic heterocycles. The lowest BCUT2D eigenvalue weighted by Crippen LogP contribution is -2.40. The zero-order valence-corrected chi connectivity index (χ0v) is 11.5. The van der Waals surface area contributed by atoms with Gasteiger partial charge in [-0.05, 0) is 51.1 Å². The van der Waals surface area contributed by atoms with Gasteiger partial charge in [-0.2, -0.15) is 13.2 Å². The molecule has 19 heavy (non-hydrogen) atoms. The van der Waals surface area contributed by atoms with E-state index in [2.05, 4.69) is 12.2 Å². The van der Waals surface area contributed by atoms with Crippen LogP contribution in [0.5, 0.6) is 5.75 Å². The van der Waals surface area contributed by atoms with Gasteiger partial charge in [0, 0.05) is 6.54 Å². The summed E-state index contributed by atoms with van der Waals surface area (Å²) in [6.45, 7) is 7.39. The van der Waals surface area contributed by atoms with Gasteiger partial charge in [0.1, 0.15) is 11.4 Å². The first-order valence-electron chi connectivity index (χ1n) is 6.31. The second-order valence-corrected chi connectivity index (χ2v) is 5.06. The molecule has 0 saturated heterocycles. The lowest BCUT2D eigenvalue weighted by Gasteiger charge is -2.27. The third-order valence-corrected chi connectivity index (χ3v) is 2.55. The van der Waals surface area contributed by atoms with Gasteiger partial charge in [-0.25, -0.2) is 0 Å². The van der Waals surface area contributed by atoms with E-state index < -0.39 is 17.3 Å². The van der Waals surface area contributed by atoms with Gasteiger partial charge >= 0.3 is 6.18 Å². The maximum Gasteiger partial charge on any atom is 0.416 e. The molecule has 0 aliphatic carbocycles. The van der Waals surface area contributed by atoms with E-state index in [1.165, 1.54) is 12.1 Å². The Morgan fingerprint density at radius 3 is 2.16 bits per heavy atom. The molecule has 5 heteroatoms. The van der Waals surface area contributed by atoms with Crippen molar-refractivity contribution in [2.75, 3.05) is 13.1 Å². The van der Waals surface area contributed by atoms with E-state index in [-0.39, 0.29) is 0 Å². The van der Waals surface area contributed by atoms with Crippen LogP contribution in [0.15, 0.2) is 24.3 Å². The molecule has 0 unspecified atom stereocenters. The fourth-order valence-corrected chi connectivity index (χ4v) is 1.63. The third kappa shape index (κ3) is 5.51. The first kappa shape index (κ1) is 15.8. The van der Waals surface area contributed by atoms with Crippen LogP contribution in [0.1, 0.15) is 32.8 Å². The normalized spacial score (nSPS) is 12.5. The zero-order valence-electron chi connectivity index (χ0n) is 11.5. The van der Waals surface area contributed by atoms with E-state index in [9.17, 15) is 13.2 Å². The molecule has 0 radical (unpaired) electrons. The van der Waals surface area contributed by atoms with E-state index in [1.54, 1.807) is 0 Å². The van der Waals surface area contributed by atoms with Gasteiger partial charge in [0.15, 0.2) is 0 Å². The largest absolute Gasteiger partial charge is 0.487 e. The molecule has 1 aromatic rings. The van der Waals surface area contributed by atoms with Gasteiger partial charge in [0.05, 0.1) is 5.56 Å². The Balaban J connectivity index is 2.62. The van der Waals surface area contributed by atoms with Crippen molar-refractivity contribution < 1.29 is 17.9 Å². The highest BCUT2D eigenvalue weighted by Gasteiger charge is 2.30. The summed E-state index contributed by atoms with van der Waals surface area (Å²) in [5.41, 5.74) is -1.13. The molecule has 1 aromatic carbocycles. The van der Waals surface area contributed by atoms with Gasteiger partial charge in [0.2, 0.25) is 0 Å². The molecule has 1 N–H and O–H groups in total. The zero-order chi connectivity index (χ0) is 14.5. The molecule has 1 rings (SSSR count). The van der Waals surface area contributed by atoms with Crippen LogP contribution in [-0.2, 0) is 6.18 Å². The molecular weight excluding hydrogens is 255 g/mol. The Morgan fingerprint density at radius 1 is 1.11 bits per heavy atom. The summed E-state index contributed by atoms with van der Waals surface area (Å²) >= 11 is 0. The molecule has 0 heterocycles. The standard InChI is InChI=1S/C14H20F3NO/c1-4-9-18-10-13(2,3)19-12-7-5-11(6-8-12)14(15,16)17/h5-8,18H,4,9-10H2,1-3H3. The van der Waals surface area contributed by atoms with Gasteiger partial charge in [-0.15, -0.1) is 0 Å². The molecule has 0 bridgehead atoms. The predicted molar refractivity (Wildman–Crippen MR) is 69.3 cm³/mol. The first-order valence-corrected chi connectivity index (χ1v) is 6.31. The van der Waals surface area contributed by atoms with Crippen LogP contribution >= 0.6 is 0 Å². The number of nitrogens with one attached hydrogen (secondary N) is 1. The molecule has 0 aliphatic rings. The fraction of sp³-hybridized carbons (Fsp3) is 0.571. The number of rotatable bonds is 6. The second kappa shape index (κ2) is 6.28. The highest BCUT2D eigenvalue weighted by molar-refractivity contribution is 5.29. The van der Waals surface area contributed by atoms with E-state index in [1.807, 2.05) is 13.8 Å². The second-order valence-electron chi connectivity index (χ2n) is 5.06. The number of hydrogen-bond donors (Lipinski definition) is 1. The number of alkyl halides is 3. The van der Waals surface area contributed by atoms with E-state index in [0.717, 1.165) is 25.1 Å². The lowest BCUT2D eigenvalue weighted by molar-refractivity contribution is -0.137. The Kier molecular flexibility index (Phi) is 5.23. The highest BCUT2D eigenvalue weighted by atomic mass is 19.4. The van der Waals surface area contributed by atoms with Crippen molar-refractivity contribution in [3.05, 3.63) is 29.8 Å². The third-order valence-electron chi connectivity index (χ3n) is 2.55. The van der Waals surface area contributed by atoms with Crippen molar-refractivity contribution in [3.63, 3.8) is 0 Å². The number of benzene rings is 1. The van der Waals surface area contributed by atoms with Crippen LogP contribution in [0, 0.1) is 0 Å². The van der Waals surface area contributed by atoms with Crippen molar-refractivity contribution in [3.8, 4) is 5.75 Å². The first-order chi connectivity index (χ1) is 8.74. The van der Waals surface area contributed by atoms with Gasteiger partial charge in [-0.1, -0.05) is 6.92 Å². The molecule has 0 atom stereocenters. The number of hydrogen-bond acceptors (Lipinski definition) is 2. The molecule has 0 spiro atoms. The van der Waals surface area contributed by atoms with Crippen molar-refractivity contribution in [2.45, 2.75) is 39.0 Å². The topological polar surface area (TPSA) is 21.3 Å². The van der Waals surface area contributed by atoms with E-state index in [0.29, 0.717) is 12.3 Å². The minimum atomic E-state index is -4.31. The highest BCUT2D eigenvalue weighted by Crippen LogP contribution is 2.30. The summed E-state index contributed by atoms with van der Waals surface area (Å²) in [4.78, 5) is 0. The maximum absolute atomic E-state index is 12.4. The minimum absolute atomic E-state index is 0.441. The lowest BCUT2D eigenvalue weighted by atomic mass is 10.1. The van der Waals surface area contributed by atoms with Gasteiger partial charge in [0.25, 0.3) is 0 Å². The van der Waals surface area contributed by atoms with Gasteiger partial charge < -0.3 is 10.1 Å². The van der Waals surface area contributed by atoms with Crippen molar-refractivity contribution in [2.24, 2.45) is 0 Å². The van der Waals surface area contributed by atoms with Crippen molar-refractivity contribution in [1.82, 2.24) is 5.32 Å². The summed E-state index contributed by atoms with van der Waals surface area (Å²) in [5, 5.41) is 3.23. The van der Waals surface area contributed by atoms with Crippen molar-refractivity contribution in [1.29, 1.82) is 0 Å². The molecule has 2 nitrogen and oxygen atoms in total. The molecule has 0 amide bonds. The van der Waals surface area contributed by atoms with Crippen LogP contribution in [0.3, 0.4) is 0 Å². The van der Waals surface area contributed by atoms with Crippen LogP contribution in [0.4, 0.5) is 13.2 Å². The van der Waals surface area contributed by atoms with Crippen LogP contribution < -0.4 is 10.1 Å². The molecule has 0 saturated carbocycles. The van der Waals surface area contributed by atoms with E-state index in [4.69, 9.17) is 4.74 Å². The Hall–Kier alpha value is -1.23.